The van der Waals surface area contributed by atoms with Gasteiger partial charge in [-0.25, -0.2) is 13.8 Å². The van der Waals surface area contributed by atoms with Crippen molar-refractivity contribution in [3.63, 3.8) is 0 Å². The summed E-state index contributed by atoms with van der Waals surface area (Å²) in [5.41, 5.74) is -0.602. The molecule has 0 saturated heterocycles. The molecule has 0 aliphatic heterocycles. The zero-order valence-corrected chi connectivity index (χ0v) is 12.3. The van der Waals surface area contributed by atoms with Crippen LogP contribution in [0.5, 0.6) is 0 Å². The predicted octanol–water partition coefficient (Wildman–Crippen LogP) is 2.56. The molecule has 0 aliphatic carbocycles. The summed E-state index contributed by atoms with van der Waals surface area (Å²) in [4.78, 5) is 27.9. The molecule has 1 amide bonds. The molecule has 0 saturated carbocycles. The van der Waals surface area contributed by atoms with Crippen molar-refractivity contribution in [2.24, 2.45) is 0 Å². The summed E-state index contributed by atoms with van der Waals surface area (Å²) in [7, 11) is 0. The lowest BCUT2D eigenvalue weighted by atomic mass is 10.2. The minimum Gasteiger partial charge on any atom is -0.481 e. The highest BCUT2D eigenvalue weighted by atomic mass is 19.1. The Morgan fingerprint density at radius 2 is 1.96 bits per heavy atom. The molecule has 0 bridgehead atoms. The first-order chi connectivity index (χ1) is 10.9. The number of carbonyl (C=O) groups is 2. The molecule has 23 heavy (non-hydrogen) atoms. The van der Waals surface area contributed by atoms with Crippen LogP contribution in [0, 0.1) is 11.6 Å². The minimum atomic E-state index is -1.04. The Balaban J connectivity index is 2.24. The van der Waals surface area contributed by atoms with Crippen molar-refractivity contribution in [3.05, 3.63) is 41.8 Å². The fraction of sp³-hybridized carbons (Fsp3) is 0.267. The number of carbonyl (C=O) groups excluding carboxylic acids is 1. The molecule has 0 spiro atoms. The normalized spacial score (nSPS) is 10.6. The summed E-state index contributed by atoms with van der Waals surface area (Å²) in [6.45, 7) is 1.95. The Hall–Kier alpha value is -2.77. The highest BCUT2D eigenvalue weighted by Crippen LogP contribution is 2.25. The van der Waals surface area contributed by atoms with Gasteiger partial charge in [0.05, 0.1) is 6.42 Å². The van der Waals surface area contributed by atoms with Gasteiger partial charge < -0.3 is 14.4 Å². The van der Waals surface area contributed by atoms with Gasteiger partial charge in [-0.05, 0) is 19.1 Å². The third-order valence-electron chi connectivity index (χ3n) is 3.16. The Morgan fingerprint density at radius 1 is 1.30 bits per heavy atom. The van der Waals surface area contributed by atoms with E-state index in [-0.39, 0.29) is 31.1 Å². The minimum absolute atomic E-state index is 0.000912. The third kappa shape index (κ3) is 3.71. The Bertz CT molecular complexity index is 710. The van der Waals surface area contributed by atoms with Gasteiger partial charge in [0.1, 0.15) is 23.5 Å². The number of hydrogen-bond donors (Lipinski definition) is 1. The van der Waals surface area contributed by atoms with Crippen molar-refractivity contribution >= 4 is 11.9 Å². The van der Waals surface area contributed by atoms with Crippen molar-refractivity contribution in [3.8, 4) is 11.5 Å². The number of aromatic nitrogens is 1. The second-order valence-corrected chi connectivity index (χ2v) is 4.66. The highest BCUT2D eigenvalue weighted by Gasteiger charge is 2.22. The number of oxazole rings is 1. The van der Waals surface area contributed by atoms with E-state index in [1.54, 1.807) is 6.92 Å². The van der Waals surface area contributed by atoms with Crippen LogP contribution in [0.4, 0.5) is 8.78 Å². The molecule has 0 fully saturated rings. The molecule has 6 nitrogen and oxygen atoms in total. The number of carboxylic acid groups (broad SMARTS) is 1. The van der Waals surface area contributed by atoms with E-state index in [4.69, 9.17) is 9.52 Å². The molecule has 1 heterocycles. The molecule has 0 atom stereocenters. The Labute approximate surface area is 130 Å². The van der Waals surface area contributed by atoms with Gasteiger partial charge in [0.15, 0.2) is 5.69 Å². The Kier molecular flexibility index (Phi) is 5.05. The topological polar surface area (TPSA) is 83.6 Å². The monoisotopic (exact) mass is 324 g/mol. The lowest BCUT2D eigenvalue weighted by Crippen LogP contribution is -2.33. The molecule has 1 N–H and O–H groups in total. The van der Waals surface area contributed by atoms with Crippen molar-refractivity contribution < 1.29 is 27.9 Å². The van der Waals surface area contributed by atoms with Crippen LogP contribution in [0.1, 0.15) is 23.8 Å². The molecular weight excluding hydrogens is 310 g/mol. The van der Waals surface area contributed by atoms with E-state index in [0.29, 0.717) is 0 Å². The van der Waals surface area contributed by atoms with Crippen LogP contribution >= 0.6 is 0 Å². The number of benzene rings is 1. The van der Waals surface area contributed by atoms with Gasteiger partial charge in [-0.3, -0.25) is 9.59 Å². The lowest BCUT2D eigenvalue weighted by molar-refractivity contribution is -0.137. The molecule has 1 aromatic carbocycles. The van der Waals surface area contributed by atoms with Gasteiger partial charge in [0, 0.05) is 13.1 Å². The summed E-state index contributed by atoms with van der Waals surface area (Å²) in [6, 6.07) is 3.30. The van der Waals surface area contributed by atoms with E-state index >= 15 is 0 Å². The number of carboxylic acids is 1. The molecule has 0 radical (unpaired) electrons. The summed E-state index contributed by atoms with van der Waals surface area (Å²) in [5.74, 6) is -3.67. The smallest absolute Gasteiger partial charge is 0.305 e. The molecule has 2 aromatic rings. The van der Waals surface area contributed by atoms with Crippen molar-refractivity contribution in [2.45, 2.75) is 13.3 Å². The second-order valence-electron chi connectivity index (χ2n) is 4.66. The van der Waals surface area contributed by atoms with E-state index in [1.165, 1.54) is 11.0 Å². The number of rotatable bonds is 6. The standard InChI is InChI=1S/C15H14F2N2O4/c1-2-19(7-6-12(20)21)15(22)11-8-23-14(18-11)13-9(16)4-3-5-10(13)17/h3-5,8H,2,6-7H2,1H3,(H,20,21). The fourth-order valence-corrected chi connectivity index (χ4v) is 1.98. The third-order valence-corrected chi connectivity index (χ3v) is 3.16. The maximum absolute atomic E-state index is 13.7. The van der Waals surface area contributed by atoms with Crippen LogP contribution in [0.15, 0.2) is 28.9 Å². The van der Waals surface area contributed by atoms with Gasteiger partial charge >= 0.3 is 5.97 Å². The number of aliphatic carboxylic acids is 1. The molecular formula is C15H14F2N2O4. The zero-order valence-electron chi connectivity index (χ0n) is 12.3. The van der Waals surface area contributed by atoms with Crippen LogP contribution in [-0.2, 0) is 4.79 Å². The van der Waals surface area contributed by atoms with Crippen LogP contribution in [0.25, 0.3) is 11.5 Å². The average Bonchev–Trinajstić information content (AvgIpc) is 2.96. The van der Waals surface area contributed by atoms with Crippen LogP contribution in [0.3, 0.4) is 0 Å². The molecule has 0 unspecified atom stereocenters. The fourth-order valence-electron chi connectivity index (χ4n) is 1.98. The highest BCUT2D eigenvalue weighted by molar-refractivity contribution is 5.92. The number of amides is 1. The summed E-state index contributed by atoms with van der Waals surface area (Å²) >= 11 is 0. The lowest BCUT2D eigenvalue weighted by Gasteiger charge is -2.18. The largest absolute Gasteiger partial charge is 0.481 e. The van der Waals surface area contributed by atoms with Crippen LogP contribution < -0.4 is 0 Å². The van der Waals surface area contributed by atoms with Gasteiger partial charge in [-0.2, -0.15) is 0 Å². The van der Waals surface area contributed by atoms with E-state index in [0.717, 1.165) is 18.4 Å². The van der Waals surface area contributed by atoms with E-state index in [2.05, 4.69) is 4.98 Å². The first kappa shape index (κ1) is 16.6. The van der Waals surface area contributed by atoms with Gasteiger partial charge in [-0.1, -0.05) is 6.07 Å². The number of nitrogens with zero attached hydrogens (tertiary/aromatic N) is 2. The number of hydrogen-bond acceptors (Lipinski definition) is 4. The first-order valence-electron chi connectivity index (χ1n) is 6.85. The number of halogens is 2. The van der Waals surface area contributed by atoms with Crippen molar-refractivity contribution in [2.75, 3.05) is 13.1 Å². The Morgan fingerprint density at radius 3 is 2.52 bits per heavy atom. The molecule has 8 heteroatoms. The summed E-state index contributed by atoms with van der Waals surface area (Å²) in [5, 5.41) is 8.67. The van der Waals surface area contributed by atoms with Crippen molar-refractivity contribution in [1.82, 2.24) is 9.88 Å². The van der Waals surface area contributed by atoms with Gasteiger partial charge in [-0.15, -0.1) is 0 Å². The van der Waals surface area contributed by atoms with E-state index in [9.17, 15) is 18.4 Å². The average molecular weight is 324 g/mol. The summed E-state index contributed by atoms with van der Waals surface area (Å²) in [6.07, 6.45) is 0.777. The van der Waals surface area contributed by atoms with Crippen molar-refractivity contribution in [1.29, 1.82) is 0 Å². The quantitative estimate of drug-likeness (QED) is 0.883. The van der Waals surface area contributed by atoms with E-state index in [1.807, 2.05) is 0 Å². The maximum Gasteiger partial charge on any atom is 0.305 e. The van der Waals surface area contributed by atoms with Gasteiger partial charge in [0.25, 0.3) is 5.91 Å². The van der Waals surface area contributed by atoms with Crippen LogP contribution in [-0.4, -0.2) is 40.0 Å². The predicted molar refractivity (Wildman–Crippen MR) is 75.7 cm³/mol. The zero-order chi connectivity index (χ0) is 17.0. The first-order valence-corrected chi connectivity index (χ1v) is 6.85. The summed E-state index contributed by atoms with van der Waals surface area (Å²) < 4.78 is 32.4. The molecule has 0 aliphatic rings. The molecule has 122 valence electrons. The van der Waals surface area contributed by atoms with Crippen LogP contribution in [0.2, 0.25) is 0 Å². The second kappa shape index (κ2) is 6.99. The maximum atomic E-state index is 13.7. The van der Waals surface area contributed by atoms with E-state index < -0.39 is 29.1 Å². The molecule has 1 aromatic heterocycles. The molecule has 2 rings (SSSR count). The van der Waals surface area contributed by atoms with Gasteiger partial charge in [0.2, 0.25) is 5.89 Å². The SMILES string of the molecule is CCN(CCC(=O)O)C(=O)c1coc(-c2c(F)cccc2F)n1.